The van der Waals surface area contributed by atoms with Crippen molar-refractivity contribution in [1.29, 1.82) is 0 Å². The monoisotopic (exact) mass is 516 g/mol. The molecule has 2 aromatic carbocycles. The zero-order valence-corrected chi connectivity index (χ0v) is 21.2. The summed E-state index contributed by atoms with van der Waals surface area (Å²) in [5.74, 6) is 0.646. The minimum absolute atomic E-state index is 0.0758. The zero-order valence-electron chi connectivity index (χ0n) is 20.4. The maximum Gasteiger partial charge on any atom is 0.308 e. The van der Waals surface area contributed by atoms with Crippen molar-refractivity contribution in [1.82, 2.24) is 25.2 Å². The van der Waals surface area contributed by atoms with Crippen LogP contribution in [0.2, 0.25) is 0 Å². The number of carbonyl (C=O) groups excluding carboxylic acids is 2. The van der Waals surface area contributed by atoms with Gasteiger partial charge in [-0.15, -0.1) is 10.2 Å². The third-order valence-electron chi connectivity index (χ3n) is 5.04. The summed E-state index contributed by atoms with van der Waals surface area (Å²) in [6.45, 7) is 3.33. The SMILES string of the molecule is COc1cc(/C=N/NC(=O)CSc2nnc(-c3ccncc3)n2-c2ccc(C)cc2)ccc1OC(C)=O. The van der Waals surface area contributed by atoms with Crippen molar-refractivity contribution in [2.75, 3.05) is 12.9 Å². The van der Waals surface area contributed by atoms with Crippen LogP contribution in [0.1, 0.15) is 18.1 Å². The van der Waals surface area contributed by atoms with E-state index in [1.165, 1.54) is 32.0 Å². The number of rotatable bonds is 9. The Kier molecular flexibility index (Phi) is 8.26. The summed E-state index contributed by atoms with van der Waals surface area (Å²) in [4.78, 5) is 27.8. The van der Waals surface area contributed by atoms with Crippen molar-refractivity contribution < 1.29 is 19.1 Å². The molecule has 11 heteroatoms. The van der Waals surface area contributed by atoms with Crippen LogP contribution in [0.15, 0.2) is 77.2 Å². The van der Waals surface area contributed by atoms with E-state index < -0.39 is 5.97 Å². The van der Waals surface area contributed by atoms with E-state index in [1.807, 2.05) is 47.9 Å². The van der Waals surface area contributed by atoms with Gasteiger partial charge < -0.3 is 9.47 Å². The Morgan fingerprint density at radius 2 is 1.81 bits per heavy atom. The highest BCUT2D eigenvalue weighted by atomic mass is 32.2. The number of aryl methyl sites for hydroxylation is 1. The number of ether oxygens (including phenoxy) is 2. The van der Waals surface area contributed by atoms with E-state index in [0.29, 0.717) is 28.0 Å². The van der Waals surface area contributed by atoms with Gasteiger partial charge in [-0.3, -0.25) is 19.1 Å². The topological polar surface area (TPSA) is 121 Å². The van der Waals surface area contributed by atoms with Gasteiger partial charge in [0, 0.05) is 30.6 Å². The number of pyridine rings is 1. The normalized spacial score (nSPS) is 10.9. The second-order valence-electron chi connectivity index (χ2n) is 7.80. The molecule has 37 heavy (non-hydrogen) atoms. The number of carbonyl (C=O) groups is 2. The van der Waals surface area contributed by atoms with Crippen LogP contribution in [0, 0.1) is 6.92 Å². The average molecular weight is 517 g/mol. The molecule has 2 aromatic heterocycles. The molecule has 4 aromatic rings. The second kappa shape index (κ2) is 12.0. The first kappa shape index (κ1) is 25.6. The second-order valence-corrected chi connectivity index (χ2v) is 8.74. The van der Waals surface area contributed by atoms with Gasteiger partial charge in [0.2, 0.25) is 0 Å². The van der Waals surface area contributed by atoms with Gasteiger partial charge in [0.25, 0.3) is 5.91 Å². The molecule has 0 atom stereocenters. The molecular formula is C26H24N6O4S. The Morgan fingerprint density at radius 1 is 1.05 bits per heavy atom. The molecule has 2 heterocycles. The molecule has 188 valence electrons. The van der Waals surface area contributed by atoms with Crippen LogP contribution in [-0.2, 0) is 9.59 Å². The summed E-state index contributed by atoms with van der Waals surface area (Å²) in [7, 11) is 1.47. The molecule has 0 aliphatic heterocycles. The fourth-order valence-electron chi connectivity index (χ4n) is 3.32. The molecule has 0 aliphatic rings. The minimum Gasteiger partial charge on any atom is -0.493 e. The number of benzene rings is 2. The first-order valence-electron chi connectivity index (χ1n) is 11.2. The van der Waals surface area contributed by atoms with Gasteiger partial charge in [-0.1, -0.05) is 29.5 Å². The summed E-state index contributed by atoms with van der Waals surface area (Å²) in [5.41, 5.74) is 6.04. The summed E-state index contributed by atoms with van der Waals surface area (Å²) in [6, 6.07) is 16.6. The summed E-state index contributed by atoms with van der Waals surface area (Å²) >= 11 is 1.25. The number of nitrogens with one attached hydrogen (secondary N) is 1. The maximum absolute atomic E-state index is 12.5. The molecule has 0 spiro atoms. The molecule has 1 amide bonds. The molecule has 0 radical (unpaired) electrons. The molecular weight excluding hydrogens is 492 g/mol. The van der Waals surface area contributed by atoms with Crippen LogP contribution in [0.3, 0.4) is 0 Å². The van der Waals surface area contributed by atoms with Crippen molar-refractivity contribution >= 4 is 29.9 Å². The maximum atomic E-state index is 12.5. The van der Waals surface area contributed by atoms with Gasteiger partial charge in [-0.2, -0.15) is 5.10 Å². The summed E-state index contributed by atoms with van der Waals surface area (Å²) in [6.07, 6.45) is 4.86. The van der Waals surface area contributed by atoms with Crippen molar-refractivity contribution in [3.63, 3.8) is 0 Å². The number of esters is 1. The van der Waals surface area contributed by atoms with E-state index in [9.17, 15) is 9.59 Å². The number of nitrogens with zero attached hydrogens (tertiary/aromatic N) is 5. The van der Waals surface area contributed by atoms with Crippen LogP contribution < -0.4 is 14.9 Å². The lowest BCUT2D eigenvalue weighted by molar-refractivity contribution is -0.132. The average Bonchev–Trinajstić information content (AvgIpc) is 3.33. The lowest BCUT2D eigenvalue weighted by Gasteiger charge is -2.10. The highest BCUT2D eigenvalue weighted by Crippen LogP contribution is 2.29. The molecule has 0 bridgehead atoms. The first-order valence-corrected chi connectivity index (χ1v) is 12.2. The quantitative estimate of drug-likeness (QED) is 0.117. The number of thioether (sulfide) groups is 1. The molecule has 0 unspecified atom stereocenters. The van der Waals surface area contributed by atoms with Gasteiger partial charge >= 0.3 is 5.97 Å². The van der Waals surface area contributed by atoms with E-state index in [0.717, 1.165) is 16.8 Å². The molecule has 0 saturated carbocycles. The minimum atomic E-state index is -0.449. The Hall–Kier alpha value is -4.51. The summed E-state index contributed by atoms with van der Waals surface area (Å²) < 4.78 is 12.2. The molecule has 1 N–H and O–H groups in total. The fourth-order valence-corrected chi connectivity index (χ4v) is 4.07. The van der Waals surface area contributed by atoms with Gasteiger partial charge in [0.15, 0.2) is 22.5 Å². The van der Waals surface area contributed by atoms with E-state index in [-0.39, 0.29) is 11.7 Å². The van der Waals surface area contributed by atoms with Gasteiger partial charge in [0.1, 0.15) is 0 Å². The molecule has 4 rings (SSSR count). The van der Waals surface area contributed by atoms with Crippen LogP contribution in [0.4, 0.5) is 0 Å². The van der Waals surface area contributed by atoms with E-state index in [2.05, 4.69) is 25.7 Å². The highest BCUT2D eigenvalue weighted by molar-refractivity contribution is 7.99. The largest absolute Gasteiger partial charge is 0.493 e. The molecule has 0 aliphatic carbocycles. The predicted octanol–water partition coefficient (Wildman–Crippen LogP) is 3.81. The van der Waals surface area contributed by atoms with Crippen molar-refractivity contribution in [2.24, 2.45) is 5.10 Å². The van der Waals surface area contributed by atoms with Crippen LogP contribution in [0.5, 0.6) is 11.5 Å². The Balaban J connectivity index is 1.45. The van der Waals surface area contributed by atoms with Crippen molar-refractivity contribution in [2.45, 2.75) is 19.0 Å². The molecule has 10 nitrogen and oxygen atoms in total. The number of hydrazone groups is 1. The first-order chi connectivity index (χ1) is 17.9. The molecule has 0 saturated heterocycles. The van der Waals surface area contributed by atoms with E-state index in [1.54, 1.807) is 30.6 Å². The fraction of sp³-hybridized carbons (Fsp3) is 0.154. The lowest BCUT2D eigenvalue weighted by atomic mass is 10.2. The van der Waals surface area contributed by atoms with E-state index >= 15 is 0 Å². The van der Waals surface area contributed by atoms with Crippen LogP contribution in [0.25, 0.3) is 17.1 Å². The van der Waals surface area contributed by atoms with Crippen molar-refractivity contribution in [3.8, 4) is 28.6 Å². The smallest absolute Gasteiger partial charge is 0.308 e. The lowest BCUT2D eigenvalue weighted by Crippen LogP contribution is -2.20. The van der Waals surface area contributed by atoms with Gasteiger partial charge in [-0.25, -0.2) is 5.43 Å². The standard InChI is InChI=1S/C26H24N6O4S/c1-17-4-7-21(8-5-17)32-25(20-10-12-27-13-11-20)30-31-26(32)37-16-24(34)29-28-15-19-6-9-22(36-18(2)33)23(14-19)35-3/h4-15H,16H2,1-3H3,(H,29,34)/b28-15+. The molecule has 0 fully saturated rings. The predicted molar refractivity (Wildman–Crippen MR) is 140 cm³/mol. The van der Waals surface area contributed by atoms with Gasteiger partial charge in [-0.05, 0) is 55.0 Å². The number of amides is 1. The highest BCUT2D eigenvalue weighted by Gasteiger charge is 2.17. The number of aromatic nitrogens is 4. The van der Waals surface area contributed by atoms with Crippen molar-refractivity contribution in [3.05, 3.63) is 78.1 Å². The zero-order chi connectivity index (χ0) is 26.2. The number of methoxy groups -OCH3 is 1. The Labute approximate surface area is 217 Å². The van der Waals surface area contributed by atoms with Crippen LogP contribution >= 0.6 is 11.8 Å². The van der Waals surface area contributed by atoms with E-state index in [4.69, 9.17) is 9.47 Å². The number of hydrogen-bond acceptors (Lipinski definition) is 9. The third-order valence-corrected chi connectivity index (χ3v) is 5.97. The Morgan fingerprint density at radius 3 is 2.51 bits per heavy atom. The van der Waals surface area contributed by atoms with Crippen LogP contribution in [-0.4, -0.2) is 50.7 Å². The van der Waals surface area contributed by atoms with Gasteiger partial charge in [0.05, 0.1) is 19.1 Å². The third kappa shape index (κ3) is 6.58. The Bertz CT molecular complexity index is 1420. The summed E-state index contributed by atoms with van der Waals surface area (Å²) in [5, 5.41) is 13.3. The number of hydrogen-bond donors (Lipinski definition) is 1.